The molecule has 1 N–H and O–H groups in total. The van der Waals surface area contributed by atoms with Gasteiger partial charge in [-0.2, -0.15) is 0 Å². The first-order chi connectivity index (χ1) is 9.08. The van der Waals surface area contributed by atoms with Crippen molar-refractivity contribution in [2.75, 3.05) is 19.0 Å². The maximum atomic E-state index is 12.0. The summed E-state index contributed by atoms with van der Waals surface area (Å²) in [6.07, 6.45) is 0.717. The van der Waals surface area contributed by atoms with Gasteiger partial charge in [0.1, 0.15) is 0 Å². The number of halogens is 1. The first-order valence-corrected chi connectivity index (χ1v) is 6.81. The summed E-state index contributed by atoms with van der Waals surface area (Å²) in [5.74, 6) is -0.341. The van der Waals surface area contributed by atoms with Crippen LogP contribution in [0.5, 0.6) is 0 Å². The molecule has 0 aliphatic rings. The van der Waals surface area contributed by atoms with E-state index < -0.39 is 4.92 Å². The van der Waals surface area contributed by atoms with Crippen molar-refractivity contribution in [2.24, 2.45) is 0 Å². The molecule has 1 aromatic rings. The van der Waals surface area contributed by atoms with Crippen molar-refractivity contribution in [3.05, 3.63) is 39.9 Å². The normalized spacial score (nSPS) is 11.9. The van der Waals surface area contributed by atoms with E-state index in [1.165, 1.54) is 18.2 Å². The van der Waals surface area contributed by atoms with Crippen molar-refractivity contribution in [2.45, 2.75) is 12.5 Å². The molecule has 6 nitrogen and oxygen atoms in total. The highest BCUT2D eigenvalue weighted by Gasteiger charge is 2.15. The van der Waals surface area contributed by atoms with Gasteiger partial charge in [-0.3, -0.25) is 14.9 Å². The minimum Gasteiger partial charge on any atom is -0.383 e. The predicted octanol–water partition coefficient (Wildman–Crippen LogP) is 2.12. The number of nitro groups is 1. The Labute approximate surface area is 119 Å². The molecule has 0 saturated heterocycles. The Morgan fingerprint density at radius 2 is 2.32 bits per heavy atom. The van der Waals surface area contributed by atoms with Crippen LogP contribution in [0.15, 0.2) is 24.3 Å². The predicted molar refractivity (Wildman–Crippen MR) is 74.6 cm³/mol. The number of benzene rings is 1. The summed E-state index contributed by atoms with van der Waals surface area (Å²) in [5, 5.41) is 14.2. The molecule has 7 heteroatoms. The van der Waals surface area contributed by atoms with Crippen LogP contribution in [0.1, 0.15) is 16.8 Å². The fraction of sp³-hybridized carbons (Fsp3) is 0.417. The molecule has 104 valence electrons. The molecule has 1 atom stereocenters. The molecule has 0 aliphatic heterocycles. The summed E-state index contributed by atoms with van der Waals surface area (Å²) < 4.78 is 5.01. The number of nitro benzene ring substituents is 1. The van der Waals surface area contributed by atoms with Gasteiger partial charge >= 0.3 is 0 Å². The van der Waals surface area contributed by atoms with E-state index in [0.29, 0.717) is 13.0 Å². The number of ether oxygens (including phenoxy) is 1. The van der Waals surface area contributed by atoms with Gasteiger partial charge in [0.2, 0.25) is 0 Å². The van der Waals surface area contributed by atoms with E-state index in [9.17, 15) is 14.9 Å². The summed E-state index contributed by atoms with van der Waals surface area (Å²) in [7, 11) is 1.56. The Hall–Kier alpha value is -1.47. The van der Waals surface area contributed by atoms with Crippen molar-refractivity contribution in [3.8, 4) is 0 Å². The van der Waals surface area contributed by atoms with E-state index in [4.69, 9.17) is 4.74 Å². The number of nitrogens with one attached hydrogen (secondary N) is 1. The highest BCUT2D eigenvalue weighted by atomic mass is 79.9. The van der Waals surface area contributed by atoms with Gasteiger partial charge in [-0.15, -0.1) is 0 Å². The SMILES string of the molecule is COCC(CCBr)NC(=O)c1cccc([N+](=O)[O-])c1. The second-order valence-electron chi connectivity index (χ2n) is 3.91. The van der Waals surface area contributed by atoms with Gasteiger partial charge in [-0.1, -0.05) is 22.0 Å². The Kier molecular flexibility index (Phi) is 6.44. The fourth-order valence-electron chi connectivity index (χ4n) is 1.56. The Balaban J connectivity index is 2.76. The van der Waals surface area contributed by atoms with E-state index in [-0.39, 0.29) is 23.2 Å². The van der Waals surface area contributed by atoms with Crippen molar-refractivity contribution < 1.29 is 14.5 Å². The molecule has 0 aromatic heterocycles. The summed E-state index contributed by atoms with van der Waals surface area (Å²) in [6.45, 7) is 0.395. The topological polar surface area (TPSA) is 81.5 Å². The second kappa shape index (κ2) is 7.85. The van der Waals surface area contributed by atoms with Crippen LogP contribution in [-0.4, -0.2) is 35.9 Å². The molecule has 0 bridgehead atoms. The fourth-order valence-corrected chi connectivity index (χ4v) is 2.11. The molecule has 1 rings (SSSR count). The zero-order valence-electron chi connectivity index (χ0n) is 10.5. The van der Waals surface area contributed by atoms with E-state index in [2.05, 4.69) is 21.2 Å². The molecular formula is C12H15BrN2O4. The van der Waals surface area contributed by atoms with Crippen molar-refractivity contribution in [1.82, 2.24) is 5.32 Å². The van der Waals surface area contributed by atoms with E-state index in [1.54, 1.807) is 13.2 Å². The number of methoxy groups -OCH3 is 1. The maximum absolute atomic E-state index is 12.0. The van der Waals surface area contributed by atoms with E-state index in [1.807, 2.05) is 0 Å². The second-order valence-corrected chi connectivity index (χ2v) is 4.70. The lowest BCUT2D eigenvalue weighted by Gasteiger charge is -2.16. The molecule has 0 heterocycles. The van der Waals surface area contributed by atoms with Gasteiger partial charge < -0.3 is 10.1 Å². The van der Waals surface area contributed by atoms with Crippen LogP contribution in [0.2, 0.25) is 0 Å². The highest BCUT2D eigenvalue weighted by molar-refractivity contribution is 9.09. The van der Waals surface area contributed by atoms with Crippen LogP contribution >= 0.6 is 15.9 Å². The molecule has 0 aliphatic carbocycles. The average molecular weight is 331 g/mol. The van der Waals surface area contributed by atoms with Crippen LogP contribution in [0.4, 0.5) is 5.69 Å². The third-order valence-corrected chi connectivity index (χ3v) is 2.94. The quantitative estimate of drug-likeness (QED) is 0.471. The first kappa shape index (κ1) is 15.6. The number of amides is 1. The van der Waals surface area contributed by atoms with E-state index >= 15 is 0 Å². The minimum atomic E-state index is -0.526. The standard InChI is InChI=1S/C12H15BrN2O4/c1-19-8-10(5-6-13)14-12(16)9-3-2-4-11(7-9)15(17)18/h2-4,7,10H,5-6,8H2,1H3,(H,14,16). The van der Waals surface area contributed by atoms with Crippen molar-refractivity contribution in [1.29, 1.82) is 0 Å². The third kappa shape index (κ3) is 4.96. The van der Waals surface area contributed by atoms with Crippen LogP contribution in [0.3, 0.4) is 0 Å². The molecule has 1 unspecified atom stereocenters. The zero-order valence-corrected chi connectivity index (χ0v) is 12.1. The zero-order chi connectivity index (χ0) is 14.3. The van der Waals surface area contributed by atoms with E-state index in [0.717, 1.165) is 5.33 Å². The van der Waals surface area contributed by atoms with Gasteiger partial charge in [-0.05, 0) is 12.5 Å². The largest absolute Gasteiger partial charge is 0.383 e. The van der Waals surface area contributed by atoms with Crippen LogP contribution in [-0.2, 0) is 4.74 Å². The molecule has 19 heavy (non-hydrogen) atoms. The molecule has 1 amide bonds. The first-order valence-electron chi connectivity index (χ1n) is 5.68. The van der Waals surface area contributed by atoms with Crippen LogP contribution in [0.25, 0.3) is 0 Å². The molecule has 0 radical (unpaired) electrons. The Morgan fingerprint density at radius 1 is 1.58 bits per heavy atom. The number of hydrogen-bond donors (Lipinski definition) is 1. The number of alkyl halides is 1. The lowest BCUT2D eigenvalue weighted by molar-refractivity contribution is -0.384. The lowest BCUT2D eigenvalue weighted by Crippen LogP contribution is -2.38. The lowest BCUT2D eigenvalue weighted by atomic mass is 10.1. The van der Waals surface area contributed by atoms with Gasteiger partial charge in [0.25, 0.3) is 11.6 Å². The number of carbonyl (C=O) groups is 1. The highest BCUT2D eigenvalue weighted by Crippen LogP contribution is 2.13. The Morgan fingerprint density at radius 3 is 2.89 bits per heavy atom. The average Bonchev–Trinajstić information content (AvgIpc) is 2.39. The number of non-ortho nitro benzene ring substituents is 1. The number of nitrogens with zero attached hydrogens (tertiary/aromatic N) is 1. The van der Waals surface area contributed by atoms with Crippen LogP contribution < -0.4 is 5.32 Å². The number of carbonyl (C=O) groups excluding carboxylic acids is 1. The molecule has 0 saturated carbocycles. The molecule has 0 spiro atoms. The smallest absolute Gasteiger partial charge is 0.270 e. The Bertz CT molecular complexity index is 447. The van der Waals surface area contributed by atoms with Crippen LogP contribution in [0, 0.1) is 10.1 Å². The summed E-state index contributed by atoms with van der Waals surface area (Å²) in [4.78, 5) is 22.1. The van der Waals surface area contributed by atoms with Gasteiger partial charge in [0, 0.05) is 30.1 Å². The third-order valence-electron chi connectivity index (χ3n) is 2.48. The van der Waals surface area contributed by atoms with Gasteiger partial charge in [-0.25, -0.2) is 0 Å². The molecular weight excluding hydrogens is 316 g/mol. The van der Waals surface area contributed by atoms with Gasteiger partial charge in [0.15, 0.2) is 0 Å². The monoisotopic (exact) mass is 330 g/mol. The molecule has 0 fully saturated rings. The summed E-state index contributed by atoms with van der Waals surface area (Å²) in [6, 6.07) is 5.51. The number of rotatable bonds is 7. The van der Waals surface area contributed by atoms with Crippen molar-refractivity contribution in [3.63, 3.8) is 0 Å². The summed E-state index contributed by atoms with van der Waals surface area (Å²) >= 11 is 3.30. The maximum Gasteiger partial charge on any atom is 0.270 e. The van der Waals surface area contributed by atoms with Crippen molar-refractivity contribution >= 4 is 27.5 Å². The number of hydrogen-bond acceptors (Lipinski definition) is 4. The summed E-state index contributed by atoms with van der Waals surface area (Å²) in [5.41, 5.74) is 0.168. The minimum absolute atomic E-state index is 0.101. The molecule has 1 aromatic carbocycles. The van der Waals surface area contributed by atoms with Gasteiger partial charge in [0.05, 0.1) is 17.6 Å².